The number of nitrogens with zero attached hydrogens (tertiary/aromatic N) is 1. The molecule has 0 aliphatic heterocycles. The standard InChI is InChI=1S/C25H30N4O3/c1-16(28-15-23(31)20-7-10-24(26)29-14-20)11-18-3-2-4-19(12-18)22(25(27)32)13-17-5-8-21(30)9-6-17/h2-10,12,14,16,22-23,28,30-31H,11,13,15H2,1H3,(H2,26,29)(H2,27,32)/t16-,22?,23-/m1/s1. The first-order valence-electron chi connectivity index (χ1n) is 10.6. The van der Waals surface area contributed by atoms with Gasteiger partial charge in [-0.25, -0.2) is 4.98 Å². The number of aromatic nitrogens is 1. The van der Waals surface area contributed by atoms with E-state index in [4.69, 9.17) is 11.5 Å². The summed E-state index contributed by atoms with van der Waals surface area (Å²) in [6.45, 7) is 2.43. The minimum atomic E-state index is -0.679. The molecule has 1 unspecified atom stereocenters. The van der Waals surface area contributed by atoms with Crippen molar-refractivity contribution in [3.8, 4) is 5.75 Å². The molecule has 1 heterocycles. The molecule has 3 aromatic rings. The number of rotatable bonds is 10. The van der Waals surface area contributed by atoms with Gasteiger partial charge < -0.3 is 27.0 Å². The fourth-order valence-electron chi connectivity index (χ4n) is 3.66. The second kappa shape index (κ2) is 10.7. The normalized spacial score (nSPS) is 13.9. The van der Waals surface area contributed by atoms with Crippen molar-refractivity contribution in [1.82, 2.24) is 10.3 Å². The summed E-state index contributed by atoms with van der Waals surface area (Å²) in [6.07, 6.45) is 2.09. The van der Waals surface area contributed by atoms with Gasteiger partial charge >= 0.3 is 0 Å². The number of nitrogens with one attached hydrogen (secondary N) is 1. The first-order chi connectivity index (χ1) is 15.3. The van der Waals surface area contributed by atoms with Gasteiger partial charge in [-0.2, -0.15) is 0 Å². The van der Waals surface area contributed by atoms with E-state index in [1.807, 2.05) is 31.2 Å². The van der Waals surface area contributed by atoms with Crippen LogP contribution >= 0.6 is 0 Å². The van der Waals surface area contributed by atoms with Crippen LogP contribution in [0.3, 0.4) is 0 Å². The zero-order chi connectivity index (χ0) is 23.1. The topological polar surface area (TPSA) is 134 Å². The van der Waals surface area contributed by atoms with Crippen molar-refractivity contribution in [3.63, 3.8) is 0 Å². The molecule has 0 fully saturated rings. The maximum atomic E-state index is 12.2. The Hall–Kier alpha value is -3.42. The lowest BCUT2D eigenvalue weighted by Gasteiger charge is -2.19. The van der Waals surface area contributed by atoms with Crippen LogP contribution in [-0.4, -0.2) is 33.7 Å². The molecule has 1 amide bonds. The van der Waals surface area contributed by atoms with Gasteiger partial charge in [-0.05, 0) is 54.7 Å². The minimum absolute atomic E-state index is 0.103. The van der Waals surface area contributed by atoms with Gasteiger partial charge in [-0.3, -0.25) is 4.79 Å². The molecule has 0 spiro atoms. The molecule has 7 nitrogen and oxygen atoms in total. The number of pyridine rings is 1. The SMILES string of the molecule is C[C@H](Cc1cccc(C(Cc2ccc(O)cc2)C(N)=O)c1)NC[C@@H](O)c1ccc(N)nc1. The summed E-state index contributed by atoms with van der Waals surface area (Å²) in [6, 6.07) is 18.2. The van der Waals surface area contributed by atoms with E-state index in [-0.39, 0.29) is 17.7 Å². The number of nitrogen functional groups attached to an aromatic ring is 1. The summed E-state index contributed by atoms with van der Waals surface area (Å²) in [5.41, 5.74) is 14.9. The molecule has 7 heteroatoms. The highest BCUT2D eigenvalue weighted by Gasteiger charge is 2.19. The maximum absolute atomic E-state index is 12.2. The molecule has 0 bridgehead atoms. The van der Waals surface area contributed by atoms with Crippen LogP contribution in [0.2, 0.25) is 0 Å². The molecular weight excluding hydrogens is 404 g/mol. The first kappa shape index (κ1) is 23.2. The summed E-state index contributed by atoms with van der Waals surface area (Å²) < 4.78 is 0. The molecule has 7 N–H and O–H groups in total. The van der Waals surface area contributed by atoms with E-state index < -0.39 is 12.0 Å². The van der Waals surface area contributed by atoms with Crippen LogP contribution in [0.15, 0.2) is 66.9 Å². The van der Waals surface area contributed by atoms with Gasteiger partial charge in [0.25, 0.3) is 0 Å². The van der Waals surface area contributed by atoms with Crippen molar-refractivity contribution in [2.45, 2.75) is 37.8 Å². The Labute approximate surface area is 188 Å². The van der Waals surface area contributed by atoms with E-state index in [0.717, 1.165) is 23.1 Å². The maximum Gasteiger partial charge on any atom is 0.225 e. The number of benzene rings is 2. The van der Waals surface area contributed by atoms with Crippen LogP contribution in [0, 0.1) is 0 Å². The Balaban J connectivity index is 1.61. The average Bonchev–Trinajstić information content (AvgIpc) is 2.77. The predicted molar refractivity (Wildman–Crippen MR) is 125 cm³/mol. The van der Waals surface area contributed by atoms with Gasteiger partial charge in [0, 0.05) is 24.3 Å². The quantitative estimate of drug-likeness (QED) is 0.333. The summed E-state index contributed by atoms with van der Waals surface area (Å²) in [7, 11) is 0. The zero-order valence-corrected chi connectivity index (χ0v) is 18.1. The third kappa shape index (κ3) is 6.54. The smallest absolute Gasteiger partial charge is 0.225 e. The summed E-state index contributed by atoms with van der Waals surface area (Å²) in [5.74, 6) is -0.239. The number of phenols is 1. The van der Waals surface area contributed by atoms with E-state index in [9.17, 15) is 15.0 Å². The van der Waals surface area contributed by atoms with Gasteiger partial charge in [0.05, 0.1) is 12.0 Å². The second-order valence-corrected chi connectivity index (χ2v) is 8.12. The van der Waals surface area contributed by atoms with Crippen molar-refractivity contribution in [3.05, 3.63) is 89.1 Å². The number of aromatic hydroxyl groups is 1. The predicted octanol–water partition coefficient (Wildman–Crippen LogP) is 2.44. The number of phenolic OH excluding ortho intramolecular Hbond substituents is 1. The lowest BCUT2D eigenvalue weighted by atomic mass is 9.89. The van der Waals surface area contributed by atoms with Crippen LogP contribution in [0.4, 0.5) is 5.82 Å². The van der Waals surface area contributed by atoms with Crippen molar-refractivity contribution in [2.24, 2.45) is 5.73 Å². The van der Waals surface area contributed by atoms with Crippen LogP contribution in [0.1, 0.15) is 41.2 Å². The van der Waals surface area contributed by atoms with E-state index in [2.05, 4.69) is 10.3 Å². The third-order valence-electron chi connectivity index (χ3n) is 5.47. The average molecular weight is 435 g/mol. The molecule has 0 aliphatic rings. The van der Waals surface area contributed by atoms with Gasteiger partial charge in [-0.1, -0.05) is 42.5 Å². The van der Waals surface area contributed by atoms with E-state index >= 15 is 0 Å². The Bertz CT molecular complexity index is 1020. The number of nitrogens with two attached hydrogens (primary N) is 2. The van der Waals surface area contributed by atoms with E-state index in [1.54, 1.807) is 42.6 Å². The van der Waals surface area contributed by atoms with Gasteiger partial charge in [-0.15, -0.1) is 0 Å². The number of carbonyl (C=O) groups is 1. The van der Waals surface area contributed by atoms with Crippen LogP contribution in [0.5, 0.6) is 5.75 Å². The number of hydrogen-bond acceptors (Lipinski definition) is 6. The number of carbonyl (C=O) groups excluding carboxylic acids is 1. The molecule has 0 saturated heterocycles. The third-order valence-corrected chi connectivity index (χ3v) is 5.47. The minimum Gasteiger partial charge on any atom is -0.508 e. The molecular formula is C25H30N4O3. The highest BCUT2D eigenvalue weighted by atomic mass is 16.3. The van der Waals surface area contributed by atoms with Crippen molar-refractivity contribution in [1.29, 1.82) is 0 Å². The molecule has 0 radical (unpaired) electrons. The fraction of sp³-hybridized carbons (Fsp3) is 0.280. The van der Waals surface area contributed by atoms with Gasteiger partial charge in [0.2, 0.25) is 5.91 Å². The lowest BCUT2D eigenvalue weighted by Crippen LogP contribution is -2.32. The van der Waals surface area contributed by atoms with E-state index in [1.165, 1.54) is 0 Å². The van der Waals surface area contributed by atoms with Crippen molar-refractivity contribution in [2.75, 3.05) is 12.3 Å². The Morgan fingerprint density at radius 3 is 2.44 bits per heavy atom. The summed E-state index contributed by atoms with van der Waals surface area (Å²) >= 11 is 0. The molecule has 3 rings (SSSR count). The van der Waals surface area contributed by atoms with Crippen molar-refractivity contribution >= 4 is 11.7 Å². The molecule has 2 aromatic carbocycles. The monoisotopic (exact) mass is 434 g/mol. The second-order valence-electron chi connectivity index (χ2n) is 8.12. The Morgan fingerprint density at radius 2 is 1.78 bits per heavy atom. The zero-order valence-electron chi connectivity index (χ0n) is 18.1. The number of hydrogen-bond donors (Lipinski definition) is 5. The number of aliphatic hydroxyl groups excluding tert-OH is 1. The molecule has 168 valence electrons. The number of primary amides is 1. The van der Waals surface area contributed by atoms with Crippen molar-refractivity contribution < 1.29 is 15.0 Å². The Kier molecular flexibility index (Phi) is 7.81. The molecule has 1 aromatic heterocycles. The first-order valence-corrected chi connectivity index (χ1v) is 10.6. The molecule has 3 atom stereocenters. The molecule has 0 aliphatic carbocycles. The summed E-state index contributed by atoms with van der Waals surface area (Å²) in [5, 5.41) is 23.2. The highest BCUT2D eigenvalue weighted by molar-refractivity contribution is 5.82. The summed E-state index contributed by atoms with van der Waals surface area (Å²) in [4.78, 5) is 16.2. The van der Waals surface area contributed by atoms with Crippen LogP contribution in [0.25, 0.3) is 0 Å². The van der Waals surface area contributed by atoms with E-state index in [0.29, 0.717) is 24.3 Å². The molecule has 32 heavy (non-hydrogen) atoms. The molecule has 0 saturated carbocycles. The number of amides is 1. The Morgan fingerprint density at radius 1 is 1.03 bits per heavy atom. The largest absolute Gasteiger partial charge is 0.508 e. The van der Waals surface area contributed by atoms with Gasteiger partial charge in [0.1, 0.15) is 11.6 Å². The fourth-order valence-corrected chi connectivity index (χ4v) is 3.66. The number of aliphatic hydroxyl groups is 1. The highest BCUT2D eigenvalue weighted by Crippen LogP contribution is 2.23. The van der Waals surface area contributed by atoms with Crippen LogP contribution < -0.4 is 16.8 Å². The number of anilines is 1. The lowest BCUT2D eigenvalue weighted by molar-refractivity contribution is -0.119. The van der Waals surface area contributed by atoms with Gasteiger partial charge in [0.15, 0.2) is 0 Å². The van der Waals surface area contributed by atoms with Crippen LogP contribution in [-0.2, 0) is 17.6 Å².